The summed E-state index contributed by atoms with van der Waals surface area (Å²) >= 11 is 0. The van der Waals surface area contributed by atoms with Gasteiger partial charge in [-0.3, -0.25) is 14.3 Å². The number of aryl methyl sites for hydroxylation is 1. The molecule has 2 amide bonds. The van der Waals surface area contributed by atoms with Gasteiger partial charge in [0.25, 0.3) is 5.91 Å². The van der Waals surface area contributed by atoms with Crippen molar-refractivity contribution >= 4 is 32.6 Å². The third-order valence-corrected chi connectivity index (χ3v) is 6.77. The van der Waals surface area contributed by atoms with E-state index in [0.717, 1.165) is 11.8 Å². The number of aromatic nitrogens is 3. The van der Waals surface area contributed by atoms with Crippen molar-refractivity contribution in [1.82, 2.24) is 14.8 Å². The summed E-state index contributed by atoms with van der Waals surface area (Å²) in [6.07, 6.45) is 1.15. The maximum Gasteiger partial charge on any atom is 0.267 e. The van der Waals surface area contributed by atoms with Crippen LogP contribution in [0.25, 0.3) is 22.0 Å². The molecule has 0 atom stereocenters. The molecule has 2 aromatic heterocycles. The zero-order chi connectivity index (χ0) is 24.8. The van der Waals surface area contributed by atoms with Crippen molar-refractivity contribution in [2.75, 3.05) is 6.26 Å². The number of primary amides is 2. The zero-order valence-corrected chi connectivity index (χ0v) is 19.7. The van der Waals surface area contributed by atoms with E-state index in [0.29, 0.717) is 27.9 Å². The fourth-order valence-corrected chi connectivity index (χ4v) is 4.84. The zero-order valence-electron chi connectivity index (χ0n) is 18.9. The number of nitrogens with zero attached hydrogens (tertiary/aromatic N) is 3. The average Bonchev–Trinajstić information content (AvgIpc) is 3.04. The van der Waals surface area contributed by atoms with E-state index in [4.69, 9.17) is 11.5 Å². The second kappa shape index (κ2) is 8.38. The molecule has 10 heteroatoms. The Labute approximate surface area is 196 Å². The molecule has 34 heavy (non-hydrogen) atoms. The molecule has 0 saturated heterocycles. The molecule has 0 aliphatic heterocycles. The normalized spacial score (nSPS) is 11.6. The minimum absolute atomic E-state index is 0.0719. The first-order valence-electron chi connectivity index (χ1n) is 10.3. The standard InChI is InChI=1S/C24H23N5O4S/c1-13-19(14(2)29(28-13)12-15-7-6-8-16(11-15)34(3,32)33)21-20(23(25)30)17-9-4-5-10-18(17)27-22(21)24(26)31/h4-11H,12H2,1-3H3,(H2,25,30)(H2,26,31). The van der Waals surface area contributed by atoms with Crippen molar-refractivity contribution in [3.8, 4) is 11.1 Å². The minimum atomic E-state index is -3.37. The number of nitrogens with two attached hydrogens (primary N) is 2. The topological polar surface area (TPSA) is 151 Å². The highest BCUT2D eigenvalue weighted by Crippen LogP contribution is 2.36. The maximum absolute atomic E-state index is 12.6. The quantitative estimate of drug-likeness (QED) is 0.435. The summed E-state index contributed by atoms with van der Waals surface area (Å²) in [7, 11) is -3.37. The van der Waals surface area contributed by atoms with Crippen molar-refractivity contribution < 1.29 is 18.0 Å². The van der Waals surface area contributed by atoms with Crippen LogP contribution in [0.3, 0.4) is 0 Å². The van der Waals surface area contributed by atoms with Crippen LogP contribution >= 0.6 is 0 Å². The Hall–Kier alpha value is -4.05. The van der Waals surface area contributed by atoms with Gasteiger partial charge in [-0.1, -0.05) is 30.3 Å². The van der Waals surface area contributed by atoms with Gasteiger partial charge >= 0.3 is 0 Å². The monoisotopic (exact) mass is 477 g/mol. The number of rotatable bonds is 6. The Balaban J connectivity index is 1.95. The second-order valence-corrected chi connectivity index (χ2v) is 10.1. The smallest absolute Gasteiger partial charge is 0.267 e. The molecule has 0 aliphatic rings. The van der Waals surface area contributed by atoms with Gasteiger partial charge in [0.1, 0.15) is 5.69 Å². The molecule has 0 saturated carbocycles. The molecule has 0 radical (unpaired) electrons. The van der Waals surface area contributed by atoms with Gasteiger partial charge in [0.15, 0.2) is 9.84 Å². The van der Waals surface area contributed by atoms with E-state index in [2.05, 4.69) is 10.1 Å². The summed E-state index contributed by atoms with van der Waals surface area (Å²) in [6.45, 7) is 3.81. The molecular formula is C24H23N5O4S. The highest BCUT2D eigenvalue weighted by molar-refractivity contribution is 7.90. The molecule has 0 spiro atoms. The van der Waals surface area contributed by atoms with Gasteiger partial charge in [-0.25, -0.2) is 13.4 Å². The average molecular weight is 478 g/mol. The van der Waals surface area contributed by atoms with Crippen LogP contribution in [0.4, 0.5) is 0 Å². The number of pyridine rings is 1. The van der Waals surface area contributed by atoms with E-state index in [1.54, 1.807) is 61.0 Å². The molecular weight excluding hydrogens is 454 g/mol. The minimum Gasteiger partial charge on any atom is -0.366 e. The van der Waals surface area contributed by atoms with Crippen molar-refractivity contribution in [3.05, 3.63) is 76.7 Å². The Morgan fingerprint density at radius 1 is 0.971 bits per heavy atom. The molecule has 4 rings (SSSR count). The first kappa shape index (κ1) is 23.1. The summed E-state index contributed by atoms with van der Waals surface area (Å²) in [4.78, 5) is 29.6. The van der Waals surface area contributed by atoms with E-state index in [1.807, 2.05) is 0 Å². The van der Waals surface area contributed by atoms with Crippen molar-refractivity contribution in [1.29, 1.82) is 0 Å². The predicted molar refractivity (Wildman–Crippen MR) is 128 cm³/mol. The van der Waals surface area contributed by atoms with Crippen LogP contribution in [0.1, 0.15) is 37.8 Å². The fourth-order valence-electron chi connectivity index (χ4n) is 4.15. The van der Waals surface area contributed by atoms with Crippen LogP contribution in [-0.2, 0) is 16.4 Å². The van der Waals surface area contributed by atoms with Crippen LogP contribution in [0, 0.1) is 13.8 Å². The van der Waals surface area contributed by atoms with E-state index < -0.39 is 21.7 Å². The summed E-state index contributed by atoms with van der Waals surface area (Å²) in [5.41, 5.74) is 14.6. The Bertz CT molecular complexity index is 1590. The number of fused-ring (bicyclic) bond motifs is 1. The number of sulfone groups is 1. The molecule has 2 heterocycles. The van der Waals surface area contributed by atoms with Crippen molar-refractivity contribution in [2.45, 2.75) is 25.3 Å². The van der Waals surface area contributed by atoms with Crippen LogP contribution < -0.4 is 11.5 Å². The largest absolute Gasteiger partial charge is 0.366 e. The Morgan fingerprint density at radius 3 is 2.32 bits per heavy atom. The Morgan fingerprint density at radius 2 is 1.68 bits per heavy atom. The van der Waals surface area contributed by atoms with Crippen LogP contribution in [0.15, 0.2) is 53.4 Å². The molecule has 4 aromatic rings. The molecule has 0 aliphatic carbocycles. The van der Waals surface area contributed by atoms with Gasteiger partial charge in [0, 0.05) is 28.5 Å². The molecule has 0 unspecified atom stereocenters. The lowest BCUT2D eigenvalue weighted by atomic mass is 9.92. The Kier molecular flexibility index (Phi) is 5.70. The molecule has 0 fully saturated rings. The predicted octanol–water partition coefficient (Wildman–Crippen LogP) is 2.36. The van der Waals surface area contributed by atoms with Gasteiger partial charge in [0.2, 0.25) is 5.91 Å². The summed E-state index contributed by atoms with van der Waals surface area (Å²) in [5.74, 6) is -1.51. The van der Waals surface area contributed by atoms with E-state index >= 15 is 0 Å². The first-order valence-corrected chi connectivity index (χ1v) is 12.2. The SMILES string of the molecule is Cc1nn(Cc2cccc(S(C)(=O)=O)c2)c(C)c1-c1c(C(N)=O)nc2ccccc2c1C(N)=O. The fraction of sp³-hybridized carbons (Fsp3) is 0.167. The molecule has 9 nitrogen and oxygen atoms in total. The third-order valence-electron chi connectivity index (χ3n) is 5.66. The summed E-state index contributed by atoms with van der Waals surface area (Å²) < 4.78 is 25.6. The first-order chi connectivity index (χ1) is 16.0. The highest BCUT2D eigenvalue weighted by Gasteiger charge is 2.27. The summed E-state index contributed by atoms with van der Waals surface area (Å²) in [6, 6.07) is 13.5. The number of amides is 2. The molecule has 2 aromatic carbocycles. The van der Waals surface area contributed by atoms with Crippen LogP contribution in [-0.4, -0.2) is 41.3 Å². The van der Waals surface area contributed by atoms with Crippen molar-refractivity contribution in [2.24, 2.45) is 11.5 Å². The van der Waals surface area contributed by atoms with E-state index in [9.17, 15) is 18.0 Å². The highest BCUT2D eigenvalue weighted by atomic mass is 32.2. The number of carbonyl (C=O) groups excluding carboxylic acids is 2. The van der Waals surface area contributed by atoms with Gasteiger partial charge in [-0.05, 0) is 37.6 Å². The van der Waals surface area contributed by atoms with Gasteiger partial charge < -0.3 is 11.5 Å². The van der Waals surface area contributed by atoms with Crippen LogP contribution in [0.5, 0.6) is 0 Å². The second-order valence-electron chi connectivity index (χ2n) is 8.08. The lowest BCUT2D eigenvalue weighted by Gasteiger charge is -2.15. The molecule has 174 valence electrons. The van der Waals surface area contributed by atoms with Gasteiger partial charge in [-0.15, -0.1) is 0 Å². The number of benzene rings is 2. The number of para-hydroxylation sites is 1. The molecule has 0 bridgehead atoms. The third kappa shape index (κ3) is 4.03. The van der Waals surface area contributed by atoms with Gasteiger partial charge in [-0.2, -0.15) is 5.10 Å². The van der Waals surface area contributed by atoms with Gasteiger partial charge in [0.05, 0.1) is 28.2 Å². The van der Waals surface area contributed by atoms with Crippen molar-refractivity contribution in [3.63, 3.8) is 0 Å². The van der Waals surface area contributed by atoms with Crippen LogP contribution in [0.2, 0.25) is 0 Å². The van der Waals surface area contributed by atoms with E-state index in [1.165, 1.54) is 6.07 Å². The summed E-state index contributed by atoms with van der Waals surface area (Å²) in [5, 5.41) is 5.09. The maximum atomic E-state index is 12.6. The number of hydrogen-bond donors (Lipinski definition) is 2. The molecule has 4 N–H and O–H groups in total. The lowest BCUT2D eigenvalue weighted by Crippen LogP contribution is -2.21. The number of carbonyl (C=O) groups is 2. The lowest BCUT2D eigenvalue weighted by molar-refractivity contribution is 0.0996. The number of hydrogen-bond acceptors (Lipinski definition) is 6. The van der Waals surface area contributed by atoms with E-state index in [-0.39, 0.29) is 28.3 Å².